The standard InChI is InChI=1S/C14H18FN3O3/c1-10-17-14(18-21-10)7-16-6-12(19)9-20-8-11-4-2-3-5-13(11)15/h2-5,12,16,19H,6-9H2,1H3. The van der Waals surface area contributed by atoms with E-state index in [-0.39, 0.29) is 19.0 Å². The van der Waals surface area contributed by atoms with Gasteiger partial charge in [0.2, 0.25) is 5.89 Å². The summed E-state index contributed by atoms with van der Waals surface area (Å²) in [6.07, 6.45) is -0.690. The fourth-order valence-corrected chi connectivity index (χ4v) is 1.74. The van der Waals surface area contributed by atoms with Crippen LogP contribution in [0.25, 0.3) is 0 Å². The maximum Gasteiger partial charge on any atom is 0.223 e. The van der Waals surface area contributed by atoms with Gasteiger partial charge in [-0.2, -0.15) is 4.98 Å². The molecule has 6 nitrogen and oxygen atoms in total. The van der Waals surface area contributed by atoms with Gasteiger partial charge in [-0.15, -0.1) is 0 Å². The molecule has 0 saturated heterocycles. The van der Waals surface area contributed by atoms with E-state index in [0.29, 0.717) is 30.4 Å². The number of hydrogen-bond acceptors (Lipinski definition) is 6. The molecule has 1 heterocycles. The van der Waals surface area contributed by atoms with Crippen LogP contribution in [0.5, 0.6) is 0 Å². The second kappa shape index (κ2) is 7.82. The molecule has 1 aromatic carbocycles. The molecule has 1 aromatic heterocycles. The molecule has 2 aromatic rings. The van der Waals surface area contributed by atoms with E-state index in [4.69, 9.17) is 9.26 Å². The van der Waals surface area contributed by atoms with Crippen LogP contribution < -0.4 is 5.32 Å². The molecule has 2 rings (SSSR count). The number of nitrogens with zero attached hydrogens (tertiary/aromatic N) is 2. The minimum atomic E-state index is -0.690. The number of aromatic nitrogens is 2. The zero-order chi connectivity index (χ0) is 15.1. The van der Waals surface area contributed by atoms with Crippen molar-refractivity contribution in [2.24, 2.45) is 0 Å². The van der Waals surface area contributed by atoms with E-state index in [1.54, 1.807) is 25.1 Å². The SMILES string of the molecule is Cc1nc(CNCC(O)COCc2ccccc2F)no1. The van der Waals surface area contributed by atoms with Crippen molar-refractivity contribution in [1.29, 1.82) is 0 Å². The van der Waals surface area contributed by atoms with Crippen LogP contribution in [0.15, 0.2) is 28.8 Å². The second-order valence-corrected chi connectivity index (χ2v) is 4.62. The zero-order valence-electron chi connectivity index (χ0n) is 11.8. The lowest BCUT2D eigenvalue weighted by Gasteiger charge is -2.12. The number of benzene rings is 1. The molecule has 0 spiro atoms. The van der Waals surface area contributed by atoms with Crippen molar-refractivity contribution in [1.82, 2.24) is 15.5 Å². The molecule has 0 aliphatic heterocycles. The summed E-state index contributed by atoms with van der Waals surface area (Å²) in [5.74, 6) is 0.727. The Bertz CT molecular complexity index is 562. The first-order valence-electron chi connectivity index (χ1n) is 6.64. The molecule has 0 fully saturated rings. The first kappa shape index (κ1) is 15.6. The number of nitrogens with one attached hydrogen (secondary N) is 1. The number of rotatable bonds is 8. The minimum Gasteiger partial charge on any atom is -0.389 e. The van der Waals surface area contributed by atoms with Gasteiger partial charge in [-0.3, -0.25) is 0 Å². The Hall–Kier alpha value is -1.83. The number of ether oxygens (including phenoxy) is 1. The third-order valence-electron chi connectivity index (χ3n) is 2.76. The first-order valence-corrected chi connectivity index (χ1v) is 6.64. The fourth-order valence-electron chi connectivity index (χ4n) is 1.74. The molecule has 0 aliphatic carbocycles. The van der Waals surface area contributed by atoms with Gasteiger partial charge in [0.15, 0.2) is 5.82 Å². The lowest BCUT2D eigenvalue weighted by molar-refractivity contribution is 0.0276. The highest BCUT2D eigenvalue weighted by Crippen LogP contribution is 2.07. The smallest absolute Gasteiger partial charge is 0.223 e. The summed E-state index contributed by atoms with van der Waals surface area (Å²) >= 11 is 0. The van der Waals surface area contributed by atoms with E-state index in [1.165, 1.54) is 6.07 Å². The van der Waals surface area contributed by atoms with Gasteiger partial charge in [-0.05, 0) is 6.07 Å². The van der Waals surface area contributed by atoms with Crippen molar-refractivity contribution in [3.8, 4) is 0 Å². The Morgan fingerprint density at radius 1 is 1.43 bits per heavy atom. The van der Waals surface area contributed by atoms with E-state index in [1.807, 2.05) is 0 Å². The lowest BCUT2D eigenvalue weighted by Crippen LogP contribution is -2.30. The topological polar surface area (TPSA) is 80.4 Å². The summed E-state index contributed by atoms with van der Waals surface area (Å²) in [4.78, 5) is 4.02. The molecule has 21 heavy (non-hydrogen) atoms. The van der Waals surface area contributed by atoms with Crippen LogP contribution in [0.4, 0.5) is 4.39 Å². The van der Waals surface area contributed by atoms with E-state index < -0.39 is 6.10 Å². The summed E-state index contributed by atoms with van der Waals surface area (Å²) in [7, 11) is 0. The highest BCUT2D eigenvalue weighted by molar-refractivity contribution is 5.16. The normalized spacial score (nSPS) is 12.5. The zero-order valence-corrected chi connectivity index (χ0v) is 11.8. The van der Waals surface area contributed by atoms with Crippen LogP contribution in [0.1, 0.15) is 17.3 Å². The van der Waals surface area contributed by atoms with Crippen molar-refractivity contribution >= 4 is 0 Å². The van der Waals surface area contributed by atoms with Gasteiger partial charge in [0.1, 0.15) is 5.82 Å². The monoisotopic (exact) mass is 295 g/mol. The number of aliphatic hydroxyl groups is 1. The largest absolute Gasteiger partial charge is 0.389 e. The maximum absolute atomic E-state index is 13.3. The summed E-state index contributed by atoms with van der Waals surface area (Å²) in [6.45, 7) is 2.69. The minimum absolute atomic E-state index is 0.118. The molecule has 0 amide bonds. The summed E-state index contributed by atoms with van der Waals surface area (Å²) < 4.78 is 23.4. The quantitative estimate of drug-likeness (QED) is 0.761. The predicted octanol–water partition coefficient (Wildman–Crippen LogP) is 1.18. The molecule has 114 valence electrons. The summed E-state index contributed by atoms with van der Waals surface area (Å²) in [6, 6.07) is 6.39. The molecule has 0 radical (unpaired) electrons. The van der Waals surface area contributed by atoms with Crippen molar-refractivity contribution in [2.75, 3.05) is 13.2 Å². The maximum atomic E-state index is 13.3. The average Bonchev–Trinajstić information content (AvgIpc) is 2.87. The van der Waals surface area contributed by atoms with Gasteiger partial charge in [-0.1, -0.05) is 23.4 Å². The Morgan fingerprint density at radius 3 is 2.95 bits per heavy atom. The first-order chi connectivity index (χ1) is 10.1. The third kappa shape index (κ3) is 5.22. The highest BCUT2D eigenvalue weighted by Gasteiger charge is 2.07. The Balaban J connectivity index is 1.61. The molecular weight excluding hydrogens is 277 g/mol. The summed E-state index contributed by atoms with van der Waals surface area (Å²) in [5.41, 5.74) is 0.472. The second-order valence-electron chi connectivity index (χ2n) is 4.62. The van der Waals surface area contributed by atoms with Crippen LogP contribution in [-0.2, 0) is 17.9 Å². The number of halogens is 1. The predicted molar refractivity (Wildman–Crippen MR) is 72.8 cm³/mol. The van der Waals surface area contributed by atoms with Crippen molar-refractivity contribution < 1.29 is 18.8 Å². The van der Waals surface area contributed by atoms with Crippen LogP contribution in [0.3, 0.4) is 0 Å². The Labute approximate surface area is 121 Å². The van der Waals surface area contributed by atoms with Crippen LogP contribution in [0.2, 0.25) is 0 Å². The fraction of sp³-hybridized carbons (Fsp3) is 0.429. The van der Waals surface area contributed by atoms with E-state index in [2.05, 4.69) is 15.5 Å². The molecule has 2 N–H and O–H groups in total. The van der Waals surface area contributed by atoms with Crippen LogP contribution in [0, 0.1) is 12.7 Å². The van der Waals surface area contributed by atoms with Gasteiger partial charge in [-0.25, -0.2) is 4.39 Å². The van der Waals surface area contributed by atoms with Crippen molar-refractivity contribution in [3.05, 3.63) is 47.4 Å². The number of aryl methyl sites for hydroxylation is 1. The highest BCUT2D eigenvalue weighted by atomic mass is 19.1. The molecule has 0 aliphatic rings. The van der Waals surface area contributed by atoms with E-state index >= 15 is 0 Å². The third-order valence-corrected chi connectivity index (χ3v) is 2.76. The molecule has 0 saturated carbocycles. The van der Waals surface area contributed by atoms with Crippen molar-refractivity contribution in [3.63, 3.8) is 0 Å². The van der Waals surface area contributed by atoms with Crippen molar-refractivity contribution in [2.45, 2.75) is 26.2 Å². The molecule has 1 atom stereocenters. The van der Waals surface area contributed by atoms with Crippen LogP contribution >= 0.6 is 0 Å². The lowest BCUT2D eigenvalue weighted by atomic mass is 10.2. The Kier molecular flexibility index (Phi) is 5.79. The van der Waals surface area contributed by atoms with Gasteiger partial charge in [0, 0.05) is 19.0 Å². The molecule has 0 bridgehead atoms. The molecule has 1 unspecified atom stereocenters. The Morgan fingerprint density at radius 2 is 2.24 bits per heavy atom. The molecule has 7 heteroatoms. The number of aliphatic hydroxyl groups excluding tert-OH is 1. The van der Waals surface area contributed by atoms with Gasteiger partial charge in [0.05, 0.1) is 25.9 Å². The number of hydrogen-bond donors (Lipinski definition) is 2. The van der Waals surface area contributed by atoms with Gasteiger partial charge < -0.3 is 19.7 Å². The van der Waals surface area contributed by atoms with E-state index in [0.717, 1.165) is 0 Å². The summed E-state index contributed by atoms with van der Waals surface area (Å²) in [5, 5.41) is 16.4. The van der Waals surface area contributed by atoms with Gasteiger partial charge in [0.25, 0.3) is 0 Å². The van der Waals surface area contributed by atoms with E-state index in [9.17, 15) is 9.50 Å². The van der Waals surface area contributed by atoms with Crippen LogP contribution in [-0.4, -0.2) is 34.5 Å². The average molecular weight is 295 g/mol. The van der Waals surface area contributed by atoms with Gasteiger partial charge >= 0.3 is 0 Å². The molecular formula is C14H18FN3O3.